The lowest BCUT2D eigenvalue weighted by Crippen LogP contribution is -2.53. The van der Waals surface area contributed by atoms with Gasteiger partial charge in [0, 0.05) is 0 Å². The van der Waals surface area contributed by atoms with Crippen LogP contribution in [0.3, 0.4) is 0 Å². The van der Waals surface area contributed by atoms with Gasteiger partial charge in [-0.3, -0.25) is 5.32 Å². The van der Waals surface area contributed by atoms with Gasteiger partial charge in [0.1, 0.15) is 0 Å². The van der Waals surface area contributed by atoms with Gasteiger partial charge in [-0.1, -0.05) is 42.8 Å². The van der Waals surface area contributed by atoms with Gasteiger partial charge in [0.05, 0.1) is 36.9 Å². The molecular weight excluding hydrogens is 318 g/mol. The topological polar surface area (TPSA) is 64.6 Å². The monoisotopic (exact) mass is 341 g/mol. The Balaban J connectivity index is 2.28. The fourth-order valence-electron chi connectivity index (χ4n) is 4.09. The molecule has 132 valence electrons. The minimum absolute atomic E-state index is 0.00946. The minimum atomic E-state index is -0.677. The Morgan fingerprint density at radius 2 is 1.68 bits per heavy atom. The summed E-state index contributed by atoms with van der Waals surface area (Å²) in [7, 11) is 2.66. The van der Waals surface area contributed by atoms with Gasteiger partial charge >= 0.3 is 11.9 Å². The van der Waals surface area contributed by atoms with Crippen molar-refractivity contribution >= 4 is 17.5 Å². The van der Waals surface area contributed by atoms with Crippen LogP contribution in [0.1, 0.15) is 26.3 Å². The first-order valence-electron chi connectivity index (χ1n) is 8.31. The number of benzene rings is 1. The van der Waals surface area contributed by atoms with Crippen molar-refractivity contribution in [1.82, 2.24) is 5.32 Å². The second-order valence-electron chi connectivity index (χ2n) is 6.74. The molecule has 1 N–H and O–H groups in total. The van der Waals surface area contributed by atoms with Crippen LogP contribution in [0.25, 0.3) is 5.57 Å². The van der Waals surface area contributed by atoms with Crippen molar-refractivity contribution in [3.63, 3.8) is 0 Å². The van der Waals surface area contributed by atoms with E-state index in [4.69, 9.17) is 9.47 Å². The van der Waals surface area contributed by atoms with Gasteiger partial charge in [-0.25, -0.2) is 9.59 Å². The minimum Gasteiger partial charge on any atom is -0.466 e. The molecule has 0 radical (unpaired) electrons. The highest BCUT2D eigenvalue weighted by Gasteiger charge is 2.55. The predicted octanol–water partition coefficient (Wildman–Crippen LogP) is 2.48. The Morgan fingerprint density at radius 3 is 2.24 bits per heavy atom. The third kappa shape index (κ3) is 2.42. The summed E-state index contributed by atoms with van der Waals surface area (Å²) in [5, 5.41) is 3.49. The summed E-state index contributed by atoms with van der Waals surface area (Å²) < 4.78 is 9.99. The lowest BCUT2D eigenvalue weighted by atomic mass is 9.74. The summed E-state index contributed by atoms with van der Waals surface area (Å²) in [5.74, 6) is -0.987. The van der Waals surface area contributed by atoms with E-state index in [1.54, 1.807) is 0 Å². The molecule has 1 aromatic carbocycles. The number of fused-ring (bicyclic) bond motifs is 2. The van der Waals surface area contributed by atoms with E-state index in [1.807, 2.05) is 37.3 Å². The molecule has 2 heterocycles. The lowest BCUT2D eigenvalue weighted by molar-refractivity contribution is -0.139. The number of hydrogen-bond donors (Lipinski definition) is 1. The maximum absolute atomic E-state index is 12.6. The highest BCUT2D eigenvalue weighted by Crippen LogP contribution is 2.49. The molecule has 0 fully saturated rings. The first-order chi connectivity index (χ1) is 11.9. The van der Waals surface area contributed by atoms with Gasteiger partial charge in [-0.15, -0.1) is 0 Å². The summed E-state index contributed by atoms with van der Waals surface area (Å²) >= 11 is 0. The van der Waals surface area contributed by atoms with Crippen LogP contribution >= 0.6 is 0 Å². The molecule has 5 nitrogen and oxygen atoms in total. The number of rotatable bonds is 3. The highest BCUT2D eigenvalue weighted by molar-refractivity contribution is 6.07. The van der Waals surface area contributed by atoms with Crippen LogP contribution in [-0.4, -0.2) is 37.7 Å². The molecule has 3 atom stereocenters. The first-order valence-corrected chi connectivity index (χ1v) is 8.31. The average Bonchev–Trinajstić information content (AvgIpc) is 2.91. The van der Waals surface area contributed by atoms with Crippen molar-refractivity contribution in [2.75, 3.05) is 14.2 Å². The van der Waals surface area contributed by atoms with Crippen LogP contribution in [0.2, 0.25) is 0 Å². The normalized spacial score (nSPS) is 28.2. The smallest absolute Gasteiger partial charge is 0.336 e. The van der Waals surface area contributed by atoms with Crippen molar-refractivity contribution in [2.24, 2.45) is 5.92 Å². The largest absolute Gasteiger partial charge is 0.466 e. The zero-order valence-electron chi connectivity index (χ0n) is 15.2. The molecule has 2 bridgehead atoms. The number of nitrogens with one attached hydrogen (secondary N) is 1. The molecule has 2 aliphatic rings. The zero-order chi connectivity index (χ0) is 18.4. The maximum atomic E-state index is 12.6. The van der Waals surface area contributed by atoms with Crippen LogP contribution in [0.5, 0.6) is 0 Å². The molecule has 0 saturated carbocycles. The van der Waals surface area contributed by atoms with E-state index in [-0.39, 0.29) is 5.92 Å². The van der Waals surface area contributed by atoms with Gasteiger partial charge in [-0.05, 0) is 30.9 Å². The molecule has 0 unspecified atom stereocenters. The molecule has 0 saturated heterocycles. The number of esters is 2. The van der Waals surface area contributed by atoms with Gasteiger partial charge in [0.15, 0.2) is 0 Å². The third-order valence-electron chi connectivity index (χ3n) is 5.63. The molecule has 5 heteroatoms. The van der Waals surface area contributed by atoms with E-state index in [0.29, 0.717) is 11.1 Å². The molecule has 3 rings (SSSR count). The summed E-state index contributed by atoms with van der Waals surface area (Å²) in [6, 6.07) is 9.51. The molecule has 2 aliphatic heterocycles. The standard InChI is InChI=1S/C20H23NO4/c1-11-12(2)20(3)16(19(23)25-5)15(18(22)24-4)17(21-20)14(11)13-9-7-6-8-10-13/h6-10,12,17,21H,1-5H3/t12-,17-,20-/m0/s1. The van der Waals surface area contributed by atoms with E-state index in [9.17, 15) is 9.59 Å². The molecule has 0 aromatic heterocycles. The van der Waals surface area contributed by atoms with Crippen LogP contribution < -0.4 is 5.32 Å². The van der Waals surface area contributed by atoms with Crippen molar-refractivity contribution < 1.29 is 19.1 Å². The van der Waals surface area contributed by atoms with Crippen LogP contribution in [0, 0.1) is 5.92 Å². The average molecular weight is 341 g/mol. The number of carbonyl (C=O) groups excluding carboxylic acids is 2. The maximum Gasteiger partial charge on any atom is 0.336 e. The summed E-state index contributed by atoms with van der Waals surface area (Å²) in [5.41, 5.74) is 3.23. The van der Waals surface area contributed by atoms with Crippen molar-refractivity contribution in [2.45, 2.75) is 32.4 Å². The second-order valence-corrected chi connectivity index (χ2v) is 6.74. The van der Waals surface area contributed by atoms with Crippen molar-refractivity contribution in [3.05, 3.63) is 52.6 Å². The van der Waals surface area contributed by atoms with Crippen molar-refractivity contribution in [3.8, 4) is 0 Å². The Kier molecular flexibility index (Phi) is 4.29. The molecule has 0 spiro atoms. The number of methoxy groups -OCH3 is 2. The highest BCUT2D eigenvalue weighted by atomic mass is 16.5. The third-order valence-corrected chi connectivity index (χ3v) is 5.63. The van der Waals surface area contributed by atoms with E-state index >= 15 is 0 Å². The summed E-state index contributed by atoms with van der Waals surface area (Å²) in [6.07, 6.45) is 0. The molecule has 1 aromatic rings. The Morgan fingerprint density at radius 1 is 1.08 bits per heavy atom. The zero-order valence-corrected chi connectivity index (χ0v) is 15.2. The van der Waals surface area contributed by atoms with Crippen molar-refractivity contribution in [1.29, 1.82) is 0 Å². The lowest BCUT2D eigenvalue weighted by Gasteiger charge is -2.41. The van der Waals surface area contributed by atoms with E-state index in [1.165, 1.54) is 14.2 Å². The number of hydrogen-bond acceptors (Lipinski definition) is 5. The SMILES string of the molecule is COC(=O)C1=C(C(=O)OC)[C@@]2(C)N[C@H]1C(c1ccccc1)=C(C)[C@@H]2C. The summed E-state index contributed by atoms with van der Waals surface area (Å²) in [4.78, 5) is 25.1. The van der Waals surface area contributed by atoms with Gasteiger partial charge in [0.2, 0.25) is 0 Å². The molecule has 0 amide bonds. The van der Waals surface area contributed by atoms with Crippen LogP contribution in [0.15, 0.2) is 47.1 Å². The van der Waals surface area contributed by atoms with E-state index in [2.05, 4.69) is 19.2 Å². The van der Waals surface area contributed by atoms with Gasteiger partial charge < -0.3 is 9.47 Å². The van der Waals surface area contributed by atoms with Gasteiger partial charge in [0.25, 0.3) is 0 Å². The summed E-state index contributed by atoms with van der Waals surface area (Å²) in [6.45, 7) is 6.07. The fraction of sp³-hybridized carbons (Fsp3) is 0.400. The van der Waals surface area contributed by atoms with E-state index in [0.717, 1.165) is 16.7 Å². The predicted molar refractivity (Wildman–Crippen MR) is 94.6 cm³/mol. The van der Waals surface area contributed by atoms with E-state index < -0.39 is 23.5 Å². The number of ether oxygens (including phenoxy) is 2. The second kappa shape index (κ2) is 6.15. The molecular formula is C20H23NO4. The number of carbonyl (C=O) groups is 2. The Bertz CT molecular complexity index is 793. The first kappa shape index (κ1) is 17.4. The van der Waals surface area contributed by atoms with Gasteiger partial charge in [-0.2, -0.15) is 0 Å². The van der Waals surface area contributed by atoms with Crippen LogP contribution in [-0.2, 0) is 19.1 Å². The Hall–Kier alpha value is -2.40. The van der Waals surface area contributed by atoms with Crippen LogP contribution in [0.4, 0.5) is 0 Å². The molecule has 25 heavy (non-hydrogen) atoms. The Labute approximate surface area is 147 Å². The quantitative estimate of drug-likeness (QED) is 0.856. The molecule has 0 aliphatic carbocycles. The fourth-order valence-corrected chi connectivity index (χ4v) is 4.09.